The lowest BCUT2D eigenvalue weighted by Gasteiger charge is -2.19. The molecule has 3 heteroatoms. The summed E-state index contributed by atoms with van der Waals surface area (Å²) in [6.07, 6.45) is 3.42. The van der Waals surface area contributed by atoms with E-state index >= 15 is 0 Å². The molecule has 0 radical (unpaired) electrons. The Hall–Kier alpha value is -0.860. The first-order valence-electron chi connectivity index (χ1n) is 5.37. The fraction of sp³-hybridized carbons (Fsp3) is 0.818. The maximum atomic E-state index is 11.6. The van der Waals surface area contributed by atoms with Gasteiger partial charge in [-0.15, -0.1) is 0 Å². The van der Waals surface area contributed by atoms with Crippen LogP contribution in [-0.2, 0) is 9.59 Å². The normalized spacial score (nSPS) is 23.0. The van der Waals surface area contributed by atoms with Gasteiger partial charge in [-0.2, -0.15) is 0 Å². The predicted molar refractivity (Wildman–Crippen MR) is 54.9 cm³/mol. The van der Waals surface area contributed by atoms with E-state index in [9.17, 15) is 9.59 Å². The Morgan fingerprint density at radius 2 is 2.00 bits per heavy atom. The van der Waals surface area contributed by atoms with Crippen molar-refractivity contribution in [2.24, 2.45) is 5.92 Å². The third kappa shape index (κ3) is 3.48. The number of carbonyl (C=O) groups is 2. The van der Waals surface area contributed by atoms with Gasteiger partial charge in [0.2, 0.25) is 5.91 Å². The zero-order valence-electron chi connectivity index (χ0n) is 9.08. The van der Waals surface area contributed by atoms with Crippen LogP contribution in [0.3, 0.4) is 0 Å². The van der Waals surface area contributed by atoms with E-state index in [0.717, 1.165) is 25.9 Å². The lowest BCUT2D eigenvalue weighted by molar-refractivity contribution is -0.134. The van der Waals surface area contributed by atoms with Gasteiger partial charge in [0.25, 0.3) is 0 Å². The van der Waals surface area contributed by atoms with E-state index in [1.807, 2.05) is 4.90 Å². The number of amides is 1. The van der Waals surface area contributed by atoms with Crippen molar-refractivity contribution in [3.63, 3.8) is 0 Å². The SMILES string of the molecule is CC(=O)CC(=O)N1CCCC(C)CC1. The van der Waals surface area contributed by atoms with Gasteiger partial charge < -0.3 is 4.90 Å². The highest BCUT2D eigenvalue weighted by Crippen LogP contribution is 2.16. The summed E-state index contributed by atoms with van der Waals surface area (Å²) in [5.41, 5.74) is 0. The van der Waals surface area contributed by atoms with Crippen molar-refractivity contribution >= 4 is 11.7 Å². The average Bonchev–Trinajstić information content (AvgIpc) is 2.28. The molecule has 1 fully saturated rings. The molecule has 1 atom stereocenters. The van der Waals surface area contributed by atoms with Crippen LogP contribution >= 0.6 is 0 Å². The number of carbonyl (C=O) groups excluding carboxylic acids is 2. The molecule has 1 heterocycles. The van der Waals surface area contributed by atoms with Crippen LogP contribution in [0.4, 0.5) is 0 Å². The smallest absolute Gasteiger partial charge is 0.230 e. The quantitative estimate of drug-likeness (QED) is 0.631. The standard InChI is InChI=1S/C11H19NO2/c1-9-4-3-6-12(7-5-9)11(14)8-10(2)13/h9H,3-8H2,1-2H3. The Morgan fingerprint density at radius 3 is 2.64 bits per heavy atom. The molecule has 3 nitrogen and oxygen atoms in total. The Labute approximate surface area is 85.5 Å². The number of ketones is 1. The second kappa shape index (κ2) is 5.13. The minimum atomic E-state index is -0.0349. The van der Waals surface area contributed by atoms with Crippen LogP contribution < -0.4 is 0 Å². The number of nitrogens with zero attached hydrogens (tertiary/aromatic N) is 1. The molecular formula is C11H19NO2. The molecule has 0 N–H and O–H groups in total. The molecule has 80 valence electrons. The number of Topliss-reactive ketones (excluding diaryl/α,β-unsaturated/α-hetero) is 1. The summed E-state index contributed by atoms with van der Waals surface area (Å²) in [4.78, 5) is 24.2. The third-order valence-corrected chi connectivity index (χ3v) is 2.77. The summed E-state index contributed by atoms with van der Waals surface area (Å²) in [6.45, 7) is 5.35. The number of likely N-dealkylation sites (tertiary alicyclic amines) is 1. The van der Waals surface area contributed by atoms with Crippen molar-refractivity contribution in [2.45, 2.75) is 39.5 Å². The highest BCUT2D eigenvalue weighted by Gasteiger charge is 2.18. The first-order valence-corrected chi connectivity index (χ1v) is 5.37. The second-order valence-electron chi connectivity index (χ2n) is 4.30. The van der Waals surface area contributed by atoms with Gasteiger partial charge in [-0.3, -0.25) is 9.59 Å². The highest BCUT2D eigenvalue weighted by molar-refractivity contribution is 5.96. The fourth-order valence-electron chi connectivity index (χ4n) is 1.84. The lowest BCUT2D eigenvalue weighted by atomic mass is 10.0. The monoisotopic (exact) mass is 197 g/mol. The van der Waals surface area contributed by atoms with Gasteiger partial charge in [-0.25, -0.2) is 0 Å². The van der Waals surface area contributed by atoms with E-state index in [2.05, 4.69) is 6.92 Å². The summed E-state index contributed by atoms with van der Waals surface area (Å²) >= 11 is 0. The average molecular weight is 197 g/mol. The van der Waals surface area contributed by atoms with E-state index in [1.165, 1.54) is 13.3 Å². The zero-order chi connectivity index (χ0) is 10.6. The molecule has 1 amide bonds. The van der Waals surface area contributed by atoms with Crippen LogP contribution in [0, 0.1) is 5.92 Å². The van der Waals surface area contributed by atoms with E-state index in [1.54, 1.807) is 0 Å². The van der Waals surface area contributed by atoms with Crippen molar-refractivity contribution in [3.8, 4) is 0 Å². The summed E-state index contributed by atoms with van der Waals surface area (Å²) in [5, 5.41) is 0. The lowest BCUT2D eigenvalue weighted by Crippen LogP contribution is -2.32. The Bertz CT molecular complexity index is 225. The number of hydrogen-bond acceptors (Lipinski definition) is 2. The van der Waals surface area contributed by atoms with Crippen LogP contribution in [0.15, 0.2) is 0 Å². The summed E-state index contributed by atoms with van der Waals surface area (Å²) in [6, 6.07) is 0. The Balaban J connectivity index is 2.43. The Morgan fingerprint density at radius 1 is 1.29 bits per heavy atom. The molecular weight excluding hydrogens is 178 g/mol. The van der Waals surface area contributed by atoms with Crippen molar-refractivity contribution in [1.29, 1.82) is 0 Å². The van der Waals surface area contributed by atoms with Crippen molar-refractivity contribution in [2.75, 3.05) is 13.1 Å². The van der Waals surface area contributed by atoms with Gasteiger partial charge in [0.1, 0.15) is 5.78 Å². The van der Waals surface area contributed by atoms with Crippen LogP contribution in [0.5, 0.6) is 0 Å². The minimum Gasteiger partial charge on any atom is -0.342 e. The minimum absolute atomic E-state index is 0.00611. The topological polar surface area (TPSA) is 37.4 Å². The maximum Gasteiger partial charge on any atom is 0.230 e. The van der Waals surface area contributed by atoms with E-state index in [4.69, 9.17) is 0 Å². The van der Waals surface area contributed by atoms with E-state index in [0.29, 0.717) is 5.92 Å². The van der Waals surface area contributed by atoms with Gasteiger partial charge in [0.15, 0.2) is 0 Å². The van der Waals surface area contributed by atoms with Crippen LogP contribution in [0.25, 0.3) is 0 Å². The summed E-state index contributed by atoms with van der Waals surface area (Å²) < 4.78 is 0. The molecule has 0 bridgehead atoms. The van der Waals surface area contributed by atoms with Crippen molar-refractivity contribution in [1.82, 2.24) is 4.90 Å². The second-order valence-corrected chi connectivity index (χ2v) is 4.30. The molecule has 1 saturated heterocycles. The van der Waals surface area contributed by atoms with Crippen LogP contribution in [-0.4, -0.2) is 29.7 Å². The van der Waals surface area contributed by atoms with Gasteiger partial charge in [-0.1, -0.05) is 6.92 Å². The van der Waals surface area contributed by atoms with Gasteiger partial charge >= 0.3 is 0 Å². The molecule has 14 heavy (non-hydrogen) atoms. The molecule has 1 rings (SSSR count). The van der Waals surface area contributed by atoms with Crippen molar-refractivity contribution < 1.29 is 9.59 Å². The molecule has 1 aliphatic rings. The molecule has 0 saturated carbocycles. The molecule has 0 aliphatic carbocycles. The summed E-state index contributed by atoms with van der Waals surface area (Å²) in [5.74, 6) is 0.684. The highest BCUT2D eigenvalue weighted by atomic mass is 16.2. The number of hydrogen-bond donors (Lipinski definition) is 0. The molecule has 0 aromatic heterocycles. The molecule has 0 aromatic carbocycles. The van der Waals surface area contributed by atoms with E-state index < -0.39 is 0 Å². The van der Waals surface area contributed by atoms with Gasteiger partial charge in [-0.05, 0) is 32.1 Å². The van der Waals surface area contributed by atoms with Crippen LogP contribution in [0.2, 0.25) is 0 Å². The van der Waals surface area contributed by atoms with Crippen molar-refractivity contribution in [3.05, 3.63) is 0 Å². The molecule has 1 unspecified atom stereocenters. The first kappa shape index (κ1) is 11.2. The first-order chi connectivity index (χ1) is 6.59. The maximum absolute atomic E-state index is 11.6. The predicted octanol–water partition coefficient (Wildman–Crippen LogP) is 1.61. The summed E-state index contributed by atoms with van der Waals surface area (Å²) in [7, 11) is 0. The van der Waals surface area contributed by atoms with E-state index in [-0.39, 0.29) is 18.1 Å². The molecule has 0 aromatic rings. The number of rotatable bonds is 2. The Kier molecular flexibility index (Phi) is 4.11. The zero-order valence-corrected chi connectivity index (χ0v) is 9.08. The largest absolute Gasteiger partial charge is 0.342 e. The molecule has 0 spiro atoms. The third-order valence-electron chi connectivity index (χ3n) is 2.77. The van der Waals surface area contributed by atoms with Gasteiger partial charge in [0, 0.05) is 13.1 Å². The van der Waals surface area contributed by atoms with Crippen LogP contribution in [0.1, 0.15) is 39.5 Å². The van der Waals surface area contributed by atoms with Gasteiger partial charge in [0.05, 0.1) is 6.42 Å². The fourth-order valence-corrected chi connectivity index (χ4v) is 1.84. The molecule has 1 aliphatic heterocycles.